The largest absolute Gasteiger partial charge is 0.318 e. The minimum absolute atomic E-state index is 0.0201. The van der Waals surface area contributed by atoms with Crippen LogP contribution in [0.2, 0.25) is 0 Å². The SMILES string of the molecule is Cc1ccccc1C(CC(=O)c1ccc(=O)n(C)c1)c1ccc(C2CCN(S(N)(=O)=O)CC2)cc1. The van der Waals surface area contributed by atoms with Crippen LogP contribution >= 0.6 is 0 Å². The highest BCUT2D eigenvalue weighted by Gasteiger charge is 2.27. The Kier molecular flexibility index (Phi) is 7.35. The van der Waals surface area contributed by atoms with Gasteiger partial charge < -0.3 is 4.57 Å². The molecule has 0 spiro atoms. The zero-order valence-electron chi connectivity index (χ0n) is 20.1. The summed E-state index contributed by atoms with van der Waals surface area (Å²) in [7, 11) is -2.00. The summed E-state index contributed by atoms with van der Waals surface area (Å²) < 4.78 is 25.9. The standard InChI is InChI=1S/C27H31N3O4S/c1-19-5-3-4-6-24(19)25(17-26(31)23-11-12-27(32)29(2)18-23)22-9-7-20(8-10-22)21-13-15-30(16-14-21)35(28,33)34/h3-12,18,21,25H,13-17H2,1-2H3,(H2,28,33,34). The van der Waals surface area contributed by atoms with Crippen molar-refractivity contribution in [1.82, 2.24) is 8.87 Å². The highest BCUT2D eigenvalue weighted by atomic mass is 32.2. The topological polar surface area (TPSA) is 102 Å². The number of pyridine rings is 1. The van der Waals surface area contributed by atoms with Crippen LogP contribution in [0.1, 0.15) is 63.7 Å². The third-order valence-corrected chi connectivity index (χ3v) is 8.07. The van der Waals surface area contributed by atoms with Gasteiger partial charge in [0.2, 0.25) is 5.56 Å². The van der Waals surface area contributed by atoms with Crippen LogP contribution in [0.3, 0.4) is 0 Å². The molecule has 3 aromatic rings. The first-order chi connectivity index (χ1) is 16.6. The van der Waals surface area contributed by atoms with E-state index in [0.717, 1.165) is 35.1 Å². The lowest BCUT2D eigenvalue weighted by atomic mass is 9.82. The van der Waals surface area contributed by atoms with E-state index >= 15 is 0 Å². The van der Waals surface area contributed by atoms with Crippen LogP contribution in [-0.2, 0) is 17.3 Å². The molecule has 35 heavy (non-hydrogen) atoms. The number of Topliss-reactive ketones (excluding diaryl/α,β-unsaturated/α-hetero) is 1. The number of nitrogens with zero attached hydrogens (tertiary/aromatic N) is 2. The minimum atomic E-state index is -3.64. The first kappa shape index (κ1) is 25.0. The molecule has 0 amide bonds. The van der Waals surface area contributed by atoms with E-state index in [1.807, 2.05) is 25.1 Å². The summed E-state index contributed by atoms with van der Waals surface area (Å²) >= 11 is 0. The van der Waals surface area contributed by atoms with Gasteiger partial charge in [0.1, 0.15) is 0 Å². The van der Waals surface area contributed by atoms with E-state index < -0.39 is 10.2 Å². The van der Waals surface area contributed by atoms with Crippen molar-refractivity contribution in [2.75, 3.05) is 13.1 Å². The Labute approximate surface area is 206 Å². The third kappa shape index (κ3) is 5.78. The van der Waals surface area contributed by atoms with Crippen molar-refractivity contribution < 1.29 is 13.2 Å². The molecule has 1 aliphatic rings. The molecule has 2 heterocycles. The molecule has 1 atom stereocenters. The maximum Gasteiger partial charge on any atom is 0.276 e. The number of carbonyl (C=O) groups excluding carboxylic acids is 1. The molecule has 0 radical (unpaired) electrons. The highest BCUT2D eigenvalue weighted by molar-refractivity contribution is 7.86. The van der Waals surface area contributed by atoms with Gasteiger partial charge in [-0.2, -0.15) is 12.7 Å². The quantitative estimate of drug-likeness (QED) is 0.509. The zero-order chi connectivity index (χ0) is 25.2. The zero-order valence-corrected chi connectivity index (χ0v) is 20.9. The number of hydrogen-bond acceptors (Lipinski definition) is 4. The van der Waals surface area contributed by atoms with Crippen molar-refractivity contribution >= 4 is 16.0 Å². The summed E-state index contributed by atoms with van der Waals surface area (Å²) in [6.07, 6.45) is 3.33. The van der Waals surface area contributed by atoms with Crippen LogP contribution in [0.5, 0.6) is 0 Å². The van der Waals surface area contributed by atoms with E-state index in [1.165, 1.54) is 14.9 Å². The fraction of sp³-hybridized carbons (Fsp3) is 0.333. The van der Waals surface area contributed by atoms with Gasteiger partial charge in [0, 0.05) is 50.3 Å². The molecule has 2 N–H and O–H groups in total. The first-order valence-electron chi connectivity index (χ1n) is 11.8. The van der Waals surface area contributed by atoms with E-state index in [9.17, 15) is 18.0 Å². The summed E-state index contributed by atoms with van der Waals surface area (Å²) in [5.74, 6) is 0.124. The number of aromatic nitrogens is 1. The van der Waals surface area contributed by atoms with Gasteiger partial charge in [-0.25, -0.2) is 5.14 Å². The van der Waals surface area contributed by atoms with Crippen LogP contribution in [-0.4, -0.2) is 36.2 Å². The van der Waals surface area contributed by atoms with Gasteiger partial charge in [0.25, 0.3) is 10.2 Å². The Bertz CT molecular complexity index is 1370. The number of hydrogen-bond donors (Lipinski definition) is 1. The molecule has 0 saturated carbocycles. The van der Waals surface area contributed by atoms with Crippen LogP contribution < -0.4 is 10.7 Å². The second kappa shape index (κ2) is 10.3. The Balaban J connectivity index is 1.58. The number of benzene rings is 2. The van der Waals surface area contributed by atoms with Gasteiger partial charge in [-0.3, -0.25) is 9.59 Å². The van der Waals surface area contributed by atoms with Crippen molar-refractivity contribution in [3.05, 3.63) is 105 Å². The highest BCUT2D eigenvalue weighted by Crippen LogP contribution is 2.34. The summed E-state index contributed by atoms with van der Waals surface area (Å²) in [4.78, 5) is 25.0. The van der Waals surface area contributed by atoms with E-state index in [-0.39, 0.29) is 29.6 Å². The average molecular weight is 494 g/mol. The Morgan fingerprint density at radius 3 is 2.29 bits per heavy atom. The van der Waals surface area contributed by atoms with Gasteiger partial charge in [0.15, 0.2) is 5.78 Å². The number of carbonyl (C=O) groups is 1. The predicted molar refractivity (Wildman–Crippen MR) is 137 cm³/mol. The van der Waals surface area contributed by atoms with E-state index in [1.54, 1.807) is 19.3 Å². The maximum atomic E-state index is 13.2. The monoisotopic (exact) mass is 493 g/mol. The van der Waals surface area contributed by atoms with Crippen molar-refractivity contribution in [2.24, 2.45) is 12.2 Å². The lowest BCUT2D eigenvalue weighted by molar-refractivity contribution is 0.0977. The molecule has 1 unspecified atom stereocenters. The molecule has 8 heteroatoms. The van der Waals surface area contributed by atoms with Crippen LogP contribution in [0.15, 0.2) is 71.7 Å². The normalized spacial score (nSPS) is 16.2. The van der Waals surface area contributed by atoms with Gasteiger partial charge in [-0.1, -0.05) is 48.5 Å². The Morgan fingerprint density at radius 1 is 1.03 bits per heavy atom. The molecule has 1 aromatic heterocycles. The van der Waals surface area contributed by atoms with Crippen molar-refractivity contribution in [1.29, 1.82) is 0 Å². The maximum absolute atomic E-state index is 13.2. The molecular formula is C27H31N3O4S. The summed E-state index contributed by atoms with van der Waals surface area (Å²) in [6, 6.07) is 19.4. The summed E-state index contributed by atoms with van der Waals surface area (Å²) in [5, 5.41) is 5.27. The van der Waals surface area contributed by atoms with E-state index in [4.69, 9.17) is 5.14 Å². The second-order valence-electron chi connectivity index (χ2n) is 9.29. The fourth-order valence-corrected chi connectivity index (χ4v) is 5.61. The fourth-order valence-electron chi connectivity index (χ4n) is 4.89. The van der Waals surface area contributed by atoms with E-state index in [2.05, 4.69) is 30.3 Å². The number of piperidine rings is 1. The number of ketones is 1. The van der Waals surface area contributed by atoms with Crippen LogP contribution in [0, 0.1) is 6.92 Å². The van der Waals surface area contributed by atoms with Gasteiger partial charge in [-0.05, 0) is 54.0 Å². The number of rotatable bonds is 7. The van der Waals surface area contributed by atoms with Gasteiger partial charge in [-0.15, -0.1) is 0 Å². The summed E-state index contributed by atoms with van der Waals surface area (Å²) in [6.45, 7) is 2.89. The molecule has 184 valence electrons. The summed E-state index contributed by atoms with van der Waals surface area (Å²) in [5.41, 5.74) is 4.79. The van der Waals surface area contributed by atoms with Crippen molar-refractivity contribution in [2.45, 2.75) is 38.0 Å². The lowest BCUT2D eigenvalue weighted by Gasteiger charge is -2.30. The van der Waals surface area contributed by atoms with Crippen molar-refractivity contribution in [3.8, 4) is 0 Å². The predicted octanol–water partition coefficient (Wildman–Crippen LogP) is 3.48. The van der Waals surface area contributed by atoms with Crippen LogP contribution in [0.4, 0.5) is 0 Å². The van der Waals surface area contributed by atoms with Gasteiger partial charge in [0.05, 0.1) is 0 Å². The minimum Gasteiger partial charge on any atom is -0.318 e. The van der Waals surface area contributed by atoms with E-state index in [0.29, 0.717) is 18.7 Å². The lowest BCUT2D eigenvalue weighted by Crippen LogP contribution is -2.41. The van der Waals surface area contributed by atoms with Gasteiger partial charge >= 0.3 is 0 Å². The smallest absolute Gasteiger partial charge is 0.276 e. The Morgan fingerprint density at radius 2 is 1.69 bits per heavy atom. The molecule has 0 bridgehead atoms. The Hall–Kier alpha value is -3.07. The number of nitrogens with two attached hydrogens (primary N) is 1. The molecule has 4 rings (SSSR count). The van der Waals surface area contributed by atoms with Crippen molar-refractivity contribution in [3.63, 3.8) is 0 Å². The molecule has 1 aliphatic heterocycles. The first-order valence-corrected chi connectivity index (χ1v) is 13.3. The molecule has 7 nitrogen and oxygen atoms in total. The van der Waals surface area contributed by atoms with Crippen LogP contribution in [0.25, 0.3) is 0 Å². The molecule has 0 aliphatic carbocycles. The number of aryl methyl sites for hydroxylation is 2. The average Bonchev–Trinajstić information content (AvgIpc) is 2.84. The second-order valence-corrected chi connectivity index (χ2v) is 10.8. The molecule has 2 aromatic carbocycles. The molecular weight excluding hydrogens is 462 g/mol. The molecule has 1 fully saturated rings. The molecule has 1 saturated heterocycles. The third-order valence-electron chi connectivity index (χ3n) is 6.99.